The molecular weight excluding hydrogens is 358 g/mol. The largest absolute Gasteiger partial charge is 0.395 e. The number of carbonyl (C=O) groups excluding carboxylic acids is 1. The van der Waals surface area contributed by atoms with Crippen molar-refractivity contribution in [3.05, 3.63) is 53.4 Å². The molecule has 1 amide bonds. The zero-order valence-electron chi connectivity index (χ0n) is 13.9. The molecule has 3 rings (SSSR count). The molecule has 3 N–H and O–H groups in total. The van der Waals surface area contributed by atoms with Crippen LogP contribution in [0.15, 0.2) is 47.2 Å². The van der Waals surface area contributed by atoms with Gasteiger partial charge < -0.3 is 24.6 Å². The third-order valence-corrected chi connectivity index (χ3v) is 4.14. The van der Waals surface area contributed by atoms with Gasteiger partial charge in [-0.15, -0.1) is 0 Å². The van der Waals surface area contributed by atoms with Crippen LogP contribution in [-0.2, 0) is 0 Å². The van der Waals surface area contributed by atoms with Gasteiger partial charge in [0.05, 0.1) is 19.4 Å². The second-order valence-electron chi connectivity index (χ2n) is 5.62. The van der Waals surface area contributed by atoms with Crippen molar-refractivity contribution in [2.45, 2.75) is 0 Å². The molecule has 2 heterocycles. The van der Waals surface area contributed by atoms with Crippen LogP contribution >= 0.6 is 11.6 Å². The lowest BCUT2D eigenvalue weighted by atomic mass is 10.0. The third-order valence-electron chi connectivity index (χ3n) is 3.91. The number of rotatable bonds is 7. The molecule has 0 radical (unpaired) electrons. The van der Waals surface area contributed by atoms with E-state index in [0.29, 0.717) is 22.0 Å². The number of aromatic nitrogens is 2. The van der Waals surface area contributed by atoms with Gasteiger partial charge in [0, 0.05) is 35.4 Å². The number of aromatic amines is 1. The number of amides is 1. The molecule has 0 aliphatic rings. The van der Waals surface area contributed by atoms with Gasteiger partial charge in [-0.1, -0.05) is 28.9 Å². The lowest BCUT2D eigenvalue weighted by Crippen LogP contribution is -2.36. The van der Waals surface area contributed by atoms with E-state index in [-0.39, 0.29) is 32.2 Å². The predicted octanol–water partition coefficient (Wildman–Crippen LogP) is 2.42. The summed E-state index contributed by atoms with van der Waals surface area (Å²) in [5, 5.41) is 22.6. The molecule has 0 saturated heterocycles. The lowest BCUT2D eigenvalue weighted by molar-refractivity contribution is 0.0679. The van der Waals surface area contributed by atoms with Crippen molar-refractivity contribution in [1.29, 1.82) is 0 Å². The third kappa shape index (κ3) is 3.80. The van der Waals surface area contributed by atoms with Gasteiger partial charge in [-0.2, -0.15) is 0 Å². The van der Waals surface area contributed by atoms with Crippen LogP contribution in [0.3, 0.4) is 0 Å². The second-order valence-corrected chi connectivity index (χ2v) is 6.06. The highest BCUT2D eigenvalue weighted by Crippen LogP contribution is 2.33. The Morgan fingerprint density at radius 3 is 2.65 bits per heavy atom. The SMILES string of the molecule is O=C(c1cc(-c2oncc2-c2cccc(Cl)c2)c[nH]1)N(CCO)CCO. The fraction of sp³-hybridized carbons (Fsp3) is 0.222. The number of H-pyrrole nitrogens is 1. The quantitative estimate of drug-likeness (QED) is 0.588. The Hall–Kier alpha value is -2.61. The summed E-state index contributed by atoms with van der Waals surface area (Å²) < 4.78 is 5.38. The van der Waals surface area contributed by atoms with Gasteiger partial charge in [0.2, 0.25) is 0 Å². The summed E-state index contributed by atoms with van der Waals surface area (Å²) in [7, 11) is 0. The van der Waals surface area contributed by atoms with Crippen LogP contribution in [0, 0.1) is 0 Å². The molecule has 0 aliphatic heterocycles. The van der Waals surface area contributed by atoms with Crippen molar-refractivity contribution in [3.8, 4) is 22.5 Å². The molecule has 0 unspecified atom stereocenters. The van der Waals surface area contributed by atoms with Gasteiger partial charge in [-0.3, -0.25) is 4.79 Å². The van der Waals surface area contributed by atoms with Gasteiger partial charge in [-0.25, -0.2) is 0 Å². The van der Waals surface area contributed by atoms with Crippen molar-refractivity contribution in [1.82, 2.24) is 15.0 Å². The topological polar surface area (TPSA) is 103 Å². The summed E-state index contributed by atoms with van der Waals surface area (Å²) in [4.78, 5) is 16.8. The zero-order chi connectivity index (χ0) is 18.5. The van der Waals surface area contributed by atoms with E-state index in [2.05, 4.69) is 10.1 Å². The number of hydrogen-bond acceptors (Lipinski definition) is 5. The zero-order valence-corrected chi connectivity index (χ0v) is 14.6. The maximum absolute atomic E-state index is 12.5. The number of nitrogens with one attached hydrogen (secondary N) is 1. The smallest absolute Gasteiger partial charge is 0.270 e. The highest BCUT2D eigenvalue weighted by atomic mass is 35.5. The molecule has 8 heteroatoms. The fourth-order valence-electron chi connectivity index (χ4n) is 2.68. The number of carbonyl (C=O) groups is 1. The monoisotopic (exact) mass is 375 g/mol. The number of benzene rings is 1. The number of nitrogens with zero attached hydrogens (tertiary/aromatic N) is 2. The second kappa shape index (κ2) is 8.18. The maximum atomic E-state index is 12.5. The van der Waals surface area contributed by atoms with Crippen molar-refractivity contribution in [2.24, 2.45) is 0 Å². The molecule has 0 atom stereocenters. The Morgan fingerprint density at radius 2 is 1.96 bits per heavy atom. The first-order valence-electron chi connectivity index (χ1n) is 8.04. The summed E-state index contributed by atoms with van der Waals surface area (Å²) in [5.41, 5.74) is 2.60. The minimum absolute atomic E-state index is 0.143. The first kappa shape index (κ1) is 18.2. The Kier molecular flexibility index (Phi) is 5.72. The van der Waals surface area contributed by atoms with E-state index in [9.17, 15) is 4.79 Å². The molecule has 1 aromatic carbocycles. The molecule has 0 spiro atoms. The van der Waals surface area contributed by atoms with Crippen LogP contribution in [-0.4, -0.2) is 57.5 Å². The molecule has 0 fully saturated rings. The average Bonchev–Trinajstić information content (AvgIpc) is 3.30. The Labute approximate surface area is 154 Å². The molecule has 0 saturated carbocycles. The van der Waals surface area contributed by atoms with E-state index in [0.717, 1.165) is 11.1 Å². The Morgan fingerprint density at radius 1 is 1.19 bits per heavy atom. The molecule has 3 aromatic rings. The van der Waals surface area contributed by atoms with Crippen LogP contribution in [0.4, 0.5) is 0 Å². The summed E-state index contributed by atoms with van der Waals surface area (Å²) in [5.74, 6) is 0.196. The Bertz CT molecular complexity index is 884. The van der Waals surface area contributed by atoms with Crippen LogP contribution < -0.4 is 0 Å². The summed E-state index contributed by atoms with van der Waals surface area (Å²) in [6.07, 6.45) is 3.25. The first-order valence-corrected chi connectivity index (χ1v) is 8.42. The van der Waals surface area contributed by atoms with Crippen molar-refractivity contribution in [2.75, 3.05) is 26.3 Å². The molecule has 2 aromatic heterocycles. The molecule has 7 nitrogen and oxygen atoms in total. The normalized spacial score (nSPS) is 10.9. The van der Waals surface area contributed by atoms with Crippen LogP contribution in [0.2, 0.25) is 5.02 Å². The molecule has 136 valence electrons. The Balaban J connectivity index is 1.89. The molecule has 26 heavy (non-hydrogen) atoms. The maximum Gasteiger partial charge on any atom is 0.270 e. The van der Waals surface area contributed by atoms with E-state index in [1.165, 1.54) is 4.90 Å². The minimum atomic E-state index is -0.317. The highest BCUT2D eigenvalue weighted by molar-refractivity contribution is 6.30. The lowest BCUT2D eigenvalue weighted by Gasteiger charge is -2.19. The fourth-order valence-corrected chi connectivity index (χ4v) is 2.88. The predicted molar refractivity (Wildman–Crippen MR) is 96.8 cm³/mol. The van der Waals surface area contributed by atoms with Gasteiger partial charge in [0.15, 0.2) is 5.76 Å². The summed E-state index contributed by atoms with van der Waals surface area (Å²) in [6.45, 7) is -0.0751. The van der Waals surface area contributed by atoms with E-state index in [1.54, 1.807) is 30.6 Å². The molecule has 0 aliphatic carbocycles. The number of aliphatic hydroxyl groups is 2. The number of aliphatic hydroxyl groups excluding tert-OH is 2. The van der Waals surface area contributed by atoms with E-state index in [1.807, 2.05) is 12.1 Å². The summed E-state index contributed by atoms with van der Waals surface area (Å²) >= 11 is 6.05. The van der Waals surface area contributed by atoms with Gasteiger partial charge in [0.25, 0.3) is 5.91 Å². The van der Waals surface area contributed by atoms with Crippen molar-refractivity contribution >= 4 is 17.5 Å². The van der Waals surface area contributed by atoms with Gasteiger partial charge in [-0.05, 0) is 23.8 Å². The first-order chi connectivity index (χ1) is 12.6. The van der Waals surface area contributed by atoms with E-state index in [4.69, 9.17) is 26.3 Å². The number of hydrogen-bond donors (Lipinski definition) is 3. The van der Waals surface area contributed by atoms with Crippen LogP contribution in [0.5, 0.6) is 0 Å². The summed E-state index contributed by atoms with van der Waals surface area (Å²) in [6, 6.07) is 8.97. The average molecular weight is 376 g/mol. The molecular formula is C18H18ClN3O4. The highest BCUT2D eigenvalue weighted by Gasteiger charge is 2.20. The minimum Gasteiger partial charge on any atom is -0.395 e. The standard InChI is InChI=1S/C18H18ClN3O4/c19-14-3-1-2-12(8-14)15-11-21-26-17(15)13-9-16(20-10-13)18(25)22(4-6-23)5-7-24/h1-3,8-11,20,23-24H,4-7H2. The van der Waals surface area contributed by atoms with Crippen molar-refractivity contribution < 1.29 is 19.5 Å². The van der Waals surface area contributed by atoms with Gasteiger partial charge in [0.1, 0.15) is 5.69 Å². The van der Waals surface area contributed by atoms with Gasteiger partial charge >= 0.3 is 0 Å². The number of halogens is 1. The van der Waals surface area contributed by atoms with E-state index < -0.39 is 0 Å². The van der Waals surface area contributed by atoms with E-state index >= 15 is 0 Å². The molecule has 0 bridgehead atoms. The van der Waals surface area contributed by atoms with Crippen molar-refractivity contribution in [3.63, 3.8) is 0 Å². The van der Waals surface area contributed by atoms with Crippen LogP contribution in [0.25, 0.3) is 22.5 Å². The van der Waals surface area contributed by atoms with Crippen LogP contribution in [0.1, 0.15) is 10.5 Å².